The quantitative estimate of drug-likeness (QED) is 0.634. The van der Waals surface area contributed by atoms with Crippen molar-refractivity contribution in [3.05, 3.63) is 0 Å². The fraction of sp³-hybridized carbons (Fsp3) is 1.00. The number of ether oxygens (including phenoxy) is 1. The summed E-state index contributed by atoms with van der Waals surface area (Å²) in [5.41, 5.74) is 0. The van der Waals surface area contributed by atoms with Gasteiger partial charge in [-0.1, -0.05) is 27.7 Å². The topological polar surface area (TPSA) is 29.5 Å². The monoisotopic (exact) mass is 178 g/mol. The van der Waals surface area contributed by atoms with E-state index in [0.717, 1.165) is 25.9 Å². The Bertz CT molecular complexity index is 62.9. The second-order valence-corrected chi connectivity index (χ2v) is 2.69. The third kappa shape index (κ3) is 16.5. The Hall–Kier alpha value is -0.0800. The molecule has 0 heterocycles. The number of aliphatic hydroxyl groups excluding tert-OH is 1. The fourth-order valence-corrected chi connectivity index (χ4v) is 0.863. The lowest BCUT2D eigenvalue weighted by Gasteiger charge is -2.02. The van der Waals surface area contributed by atoms with Crippen LogP contribution in [0.5, 0.6) is 0 Å². The number of hydrogen-bond acceptors (Lipinski definition) is 2. The summed E-state index contributed by atoms with van der Waals surface area (Å²) in [7, 11) is 1.72. The van der Waals surface area contributed by atoms with Crippen molar-refractivity contribution in [1.29, 1.82) is 0 Å². The second-order valence-electron chi connectivity index (χ2n) is 2.69. The van der Waals surface area contributed by atoms with Crippen molar-refractivity contribution in [2.75, 3.05) is 13.7 Å². The zero-order valence-corrected chi connectivity index (χ0v) is 6.97. The van der Waals surface area contributed by atoms with Gasteiger partial charge in [-0.25, -0.2) is 0 Å². The molecule has 0 saturated heterocycles. The molecule has 2 heteroatoms. The van der Waals surface area contributed by atoms with Gasteiger partial charge in [0.1, 0.15) is 0 Å². The van der Waals surface area contributed by atoms with Crippen LogP contribution in [0, 0.1) is 0 Å². The molecule has 12 heavy (non-hydrogen) atoms. The molecule has 0 amide bonds. The minimum absolute atomic E-state index is 0. The first kappa shape index (κ1) is 17.9. The van der Waals surface area contributed by atoms with E-state index in [4.69, 9.17) is 9.84 Å². The highest BCUT2D eigenvalue weighted by atomic mass is 16.5. The van der Waals surface area contributed by atoms with Gasteiger partial charge >= 0.3 is 0 Å². The molecule has 0 fully saturated rings. The van der Waals surface area contributed by atoms with Gasteiger partial charge in [-0.15, -0.1) is 0 Å². The number of unbranched alkanes of at least 4 members (excludes halogenated alkanes) is 2. The summed E-state index contributed by atoms with van der Waals surface area (Å²) in [6, 6.07) is 0. The van der Waals surface area contributed by atoms with E-state index in [1.54, 1.807) is 7.11 Å². The molecule has 0 aliphatic rings. The van der Waals surface area contributed by atoms with Crippen LogP contribution in [-0.2, 0) is 4.74 Å². The van der Waals surface area contributed by atoms with Crippen LogP contribution in [0.2, 0.25) is 0 Å². The van der Waals surface area contributed by atoms with Crippen LogP contribution in [0.15, 0.2) is 0 Å². The predicted molar refractivity (Wildman–Crippen MR) is 55.5 cm³/mol. The molecule has 0 radical (unpaired) electrons. The summed E-state index contributed by atoms with van der Waals surface area (Å²) in [4.78, 5) is 0. The Morgan fingerprint density at radius 3 is 2.17 bits per heavy atom. The highest BCUT2D eigenvalue weighted by Crippen LogP contribution is 2.02. The largest absolute Gasteiger partial charge is 0.393 e. The Kier molecular flexibility index (Phi) is 20.1. The van der Waals surface area contributed by atoms with Gasteiger partial charge in [0.2, 0.25) is 0 Å². The van der Waals surface area contributed by atoms with Crippen molar-refractivity contribution >= 4 is 0 Å². The van der Waals surface area contributed by atoms with Crippen molar-refractivity contribution in [2.45, 2.75) is 53.6 Å². The summed E-state index contributed by atoms with van der Waals surface area (Å²) in [6.45, 7) is 2.68. The van der Waals surface area contributed by atoms with Gasteiger partial charge in [0, 0.05) is 13.7 Å². The first-order chi connectivity index (χ1) is 4.77. The molecule has 0 aromatic rings. The van der Waals surface area contributed by atoms with Crippen molar-refractivity contribution < 1.29 is 9.84 Å². The average molecular weight is 178 g/mol. The molecular weight excluding hydrogens is 152 g/mol. The summed E-state index contributed by atoms with van der Waals surface area (Å²) in [5, 5.41) is 8.88. The van der Waals surface area contributed by atoms with Crippen molar-refractivity contribution in [1.82, 2.24) is 0 Å². The van der Waals surface area contributed by atoms with Gasteiger partial charge in [-0.3, -0.25) is 0 Å². The van der Waals surface area contributed by atoms with E-state index in [9.17, 15) is 0 Å². The van der Waals surface area contributed by atoms with Crippen molar-refractivity contribution in [3.8, 4) is 0 Å². The summed E-state index contributed by atoms with van der Waals surface area (Å²) >= 11 is 0. The highest BCUT2D eigenvalue weighted by molar-refractivity contribution is 4.47. The van der Waals surface area contributed by atoms with E-state index >= 15 is 0 Å². The van der Waals surface area contributed by atoms with E-state index in [-0.39, 0.29) is 21.0 Å². The van der Waals surface area contributed by atoms with E-state index < -0.39 is 0 Å². The van der Waals surface area contributed by atoms with E-state index in [1.807, 2.05) is 6.92 Å². The average Bonchev–Trinajstić information content (AvgIpc) is 1.87. The van der Waals surface area contributed by atoms with Crippen LogP contribution >= 0.6 is 0 Å². The summed E-state index contributed by atoms with van der Waals surface area (Å²) in [6.07, 6.45) is 4.18. The molecule has 78 valence electrons. The van der Waals surface area contributed by atoms with Crippen LogP contribution in [0.25, 0.3) is 0 Å². The molecule has 1 N–H and O–H groups in total. The maximum absolute atomic E-state index is 8.88. The van der Waals surface area contributed by atoms with Gasteiger partial charge in [0.15, 0.2) is 0 Å². The molecule has 0 aliphatic heterocycles. The van der Waals surface area contributed by atoms with Gasteiger partial charge in [0.25, 0.3) is 0 Å². The summed E-state index contributed by atoms with van der Waals surface area (Å²) in [5.74, 6) is 0. The fourth-order valence-electron chi connectivity index (χ4n) is 0.863. The molecule has 1 unspecified atom stereocenters. The van der Waals surface area contributed by atoms with E-state index in [0.29, 0.717) is 0 Å². The minimum atomic E-state index is -0.137. The molecular formula is C10H26O2. The second kappa shape index (κ2) is 13.5. The van der Waals surface area contributed by atoms with Crippen LogP contribution in [0.1, 0.15) is 47.5 Å². The molecule has 0 saturated carbocycles. The summed E-state index contributed by atoms with van der Waals surface area (Å²) < 4.78 is 4.89. The standard InChI is InChI=1S/C8H18O2.2CH4/c1-8(9)6-4-3-5-7-10-2;;/h8-9H,3-7H2,1-2H3;2*1H4. The molecule has 0 aromatic heterocycles. The molecule has 0 spiro atoms. The highest BCUT2D eigenvalue weighted by Gasteiger charge is 1.94. The molecule has 0 bridgehead atoms. The molecule has 0 aromatic carbocycles. The number of rotatable bonds is 6. The maximum Gasteiger partial charge on any atom is 0.0512 e. The van der Waals surface area contributed by atoms with Crippen molar-refractivity contribution in [2.24, 2.45) is 0 Å². The minimum Gasteiger partial charge on any atom is -0.393 e. The van der Waals surface area contributed by atoms with Crippen molar-refractivity contribution in [3.63, 3.8) is 0 Å². The first-order valence-corrected chi connectivity index (χ1v) is 3.94. The number of hydrogen-bond donors (Lipinski definition) is 1. The van der Waals surface area contributed by atoms with E-state index in [2.05, 4.69) is 0 Å². The van der Waals surface area contributed by atoms with E-state index in [1.165, 1.54) is 6.42 Å². The Labute approximate surface area is 77.9 Å². The molecule has 2 nitrogen and oxygen atoms in total. The number of methoxy groups -OCH3 is 1. The van der Waals surface area contributed by atoms with Gasteiger partial charge in [-0.05, 0) is 19.8 Å². The molecule has 0 rings (SSSR count). The molecule has 0 aliphatic carbocycles. The SMILES string of the molecule is C.C.COCCCCCC(C)O. The lowest BCUT2D eigenvalue weighted by Crippen LogP contribution is -1.98. The van der Waals surface area contributed by atoms with Crippen LogP contribution in [0.4, 0.5) is 0 Å². The van der Waals surface area contributed by atoms with Crippen LogP contribution < -0.4 is 0 Å². The molecule has 1 atom stereocenters. The smallest absolute Gasteiger partial charge is 0.0512 e. The normalized spacial score (nSPS) is 11.2. The van der Waals surface area contributed by atoms with Gasteiger partial charge in [-0.2, -0.15) is 0 Å². The zero-order chi connectivity index (χ0) is 7.82. The third-order valence-electron chi connectivity index (χ3n) is 1.47. The maximum atomic E-state index is 8.88. The Balaban J connectivity index is -0.000000405. The van der Waals surface area contributed by atoms with Gasteiger partial charge < -0.3 is 9.84 Å². The lowest BCUT2D eigenvalue weighted by molar-refractivity contribution is 0.171. The third-order valence-corrected chi connectivity index (χ3v) is 1.47. The zero-order valence-electron chi connectivity index (χ0n) is 6.97. The lowest BCUT2D eigenvalue weighted by atomic mass is 10.1. The predicted octanol–water partition coefficient (Wildman–Crippen LogP) is 2.85. The number of aliphatic hydroxyl groups is 1. The van der Waals surface area contributed by atoms with Crippen LogP contribution in [-0.4, -0.2) is 24.9 Å². The first-order valence-electron chi connectivity index (χ1n) is 3.94. The Morgan fingerprint density at radius 2 is 1.75 bits per heavy atom. The van der Waals surface area contributed by atoms with Gasteiger partial charge in [0.05, 0.1) is 6.10 Å². The van der Waals surface area contributed by atoms with Crippen LogP contribution in [0.3, 0.4) is 0 Å². The Morgan fingerprint density at radius 1 is 1.17 bits per heavy atom.